The molecule has 0 radical (unpaired) electrons. The molecule has 2 aromatic rings. The van der Waals surface area contributed by atoms with Crippen LogP contribution in [-0.4, -0.2) is 11.4 Å². The molecule has 0 aliphatic carbocycles. The quantitative estimate of drug-likeness (QED) is 0.649. The summed E-state index contributed by atoms with van der Waals surface area (Å²) in [7, 11) is 0. The van der Waals surface area contributed by atoms with Crippen LogP contribution in [0.4, 0.5) is 0 Å². The zero-order valence-corrected chi connectivity index (χ0v) is 13.4. The van der Waals surface area contributed by atoms with Gasteiger partial charge in [0.2, 0.25) is 0 Å². The number of carbonyl (C=O) groups is 1. The molecule has 2 nitrogen and oxygen atoms in total. The summed E-state index contributed by atoms with van der Waals surface area (Å²) < 4.78 is 0. The third-order valence-electron chi connectivity index (χ3n) is 1.69. The molecule has 0 atom stereocenters. The normalized spacial score (nSPS) is 7.53. The molecule has 0 heterocycles. The molecule has 2 rings (SSSR count). The molecule has 2 aromatic carbocycles. The first-order valence-electron chi connectivity index (χ1n) is 4.57. The molecule has 0 bridgehead atoms. The molecule has 0 unspecified atom stereocenters. The molecule has 0 saturated carbocycles. The molecule has 17 heavy (non-hydrogen) atoms. The average molecular weight is 300 g/mol. The smallest absolute Gasteiger partial charge is 0.150 e. The van der Waals surface area contributed by atoms with Gasteiger partial charge in [-0.1, -0.05) is 48.5 Å². The number of carbonyl (C=O) groups excluding carboxylic acids is 1. The summed E-state index contributed by atoms with van der Waals surface area (Å²) in [6, 6.07) is 17.8. The summed E-state index contributed by atoms with van der Waals surface area (Å²) in [4.78, 5) is 10.0. The van der Waals surface area contributed by atoms with Crippen molar-refractivity contribution in [2.24, 2.45) is 0 Å². The van der Waals surface area contributed by atoms with Gasteiger partial charge in [0.1, 0.15) is 12.0 Å². The molecule has 0 fully saturated rings. The van der Waals surface area contributed by atoms with Crippen molar-refractivity contribution in [2.45, 2.75) is 0 Å². The van der Waals surface area contributed by atoms with Crippen LogP contribution in [-0.2, 0) is 19.5 Å². The van der Waals surface area contributed by atoms with Crippen LogP contribution in [0.2, 0.25) is 0 Å². The molecule has 0 aliphatic heterocycles. The molecule has 0 saturated heterocycles. The van der Waals surface area contributed by atoms with Crippen molar-refractivity contribution in [1.29, 1.82) is 0 Å². The number of rotatable bonds is 1. The van der Waals surface area contributed by atoms with Gasteiger partial charge >= 0.3 is 0 Å². The van der Waals surface area contributed by atoms with Crippen molar-refractivity contribution in [3.8, 4) is 5.75 Å². The predicted octanol–water partition coefficient (Wildman–Crippen LogP) is 3.00. The van der Waals surface area contributed by atoms with E-state index in [1.165, 1.54) is 0 Å². The Hall–Kier alpha value is -1.12. The van der Waals surface area contributed by atoms with Crippen LogP contribution in [0.1, 0.15) is 10.4 Å². The van der Waals surface area contributed by atoms with Crippen molar-refractivity contribution in [2.75, 3.05) is 0 Å². The van der Waals surface area contributed by atoms with Gasteiger partial charge in [-0.15, -0.1) is 0 Å². The number of hydrogen-bond acceptors (Lipinski definition) is 2. The SMILES string of the molecule is O=Cc1ccccc1.Oc1ccccc1.S.[Zn]. The number of aromatic hydroxyl groups is 1. The number of aldehydes is 1. The molecule has 0 aliphatic rings. The van der Waals surface area contributed by atoms with Crippen LogP contribution in [0.15, 0.2) is 60.7 Å². The zero-order chi connectivity index (χ0) is 10.9. The van der Waals surface area contributed by atoms with Gasteiger partial charge in [0.15, 0.2) is 0 Å². The second-order valence-electron chi connectivity index (χ2n) is 2.86. The molecule has 0 amide bonds. The van der Waals surface area contributed by atoms with Crippen molar-refractivity contribution in [1.82, 2.24) is 0 Å². The summed E-state index contributed by atoms with van der Waals surface area (Å²) in [6.45, 7) is 0. The Morgan fingerprint density at radius 2 is 1.24 bits per heavy atom. The van der Waals surface area contributed by atoms with Crippen LogP contribution in [0, 0.1) is 0 Å². The zero-order valence-electron chi connectivity index (χ0n) is 9.41. The third kappa shape index (κ3) is 8.67. The van der Waals surface area contributed by atoms with E-state index in [0.717, 1.165) is 11.8 Å². The first kappa shape index (κ1) is 18.3. The topological polar surface area (TPSA) is 37.3 Å². The van der Waals surface area contributed by atoms with Crippen LogP contribution < -0.4 is 0 Å². The van der Waals surface area contributed by atoms with E-state index in [1.807, 2.05) is 24.3 Å². The van der Waals surface area contributed by atoms with E-state index >= 15 is 0 Å². The summed E-state index contributed by atoms with van der Waals surface area (Å²) in [5, 5.41) is 8.63. The monoisotopic (exact) mass is 298 g/mol. The maximum absolute atomic E-state index is 10.0. The van der Waals surface area contributed by atoms with Crippen molar-refractivity contribution >= 4 is 19.8 Å². The Labute approximate surface area is 121 Å². The standard InChI is InChI=1S/C7H6O.C6H6O.H2S.Zn/c8-6-7-4-2-1-3-5-7;7-6-4-2-1-3-5-6;;/h1-6H;1-5,7H;1H2;. The van der Waals surface area contributed by atoms with E-state index in [9.17, 15) is 4.79 Å². The molecule has 1 N–H and O–H groups in total. The molecule has 4 heteroatoms. The van der Waals surface area contributed by atoms with Crippen molar-refractivity contribution < 1.29 is 29.4 Å². The number of hydrogen-bond donors (Lipinski definition) is 1. The summed E-state index contributed by atoms with van der Waals surface area (Å²) in [6.07, 6.45) is 0.833. The van der Waals surface area contributed by atoms with E-state index in [4.69, 9.17) is 5.11 Å². The van der Waals surface area contributed by atoms with Gasteiger partial charge in [0.05, 0.1) is 0 Å². The number of para-hydroxylation sites is 1. The summed E-state index contributed by atoms with van der Waals surface area (Å²) in [5.41, 5.74) is 0.729. The Kier molecular flexibility index (Phi) is 12.2. The Balaban J connectivity index is 0. The van der Waals surface area contributed by atoms with Crippen LogP contribution in [0.3, 0.4) is 0 Å². The summed E-state index contributed by atoms with van der Waals surface area (Å²) >= 11 is 0. The van der Waals surface area contributed by atoms with Crippen molar-refractivity contribution in [3.05, 3.63) is 66.2 Å². The second kappa shape index (κ2) is 11.4. The van der Waals surface area contributed by atoms with Crippen molar-refractivity contribution in [3.63, 3.8) is 0 Å². The fraction of sp³-hybridized carbons (Fsp3) is 0. The van der Waals surface area contributed by atoms with Gasteiger partial charge < -0.3 is 5.11 Å². The molecule has 0 spiro atoms. The van der Waals surface area contributed by atoms with E-state index < -0.39 is 0 Å². The van der Waals surface area contributed by atoms with Crippen LogP contribution in [0.5, 0.6) is 5.75 Å². The molecular weight excluding hydrogens is 286 g/mol. The van der Waals surface area contributed by atoms with Gasteiger partial charge in [0, 0.05) is 25.0 Å². The number of phenolic OH excluding ortho intramolecular Hbond substituents is 1. The first-order valence-corrected chi connectivity index (χ1v) is 4.57. The minimum atomic E-state index is 0. The fourth-order valence-electron chi connectivity index (χ4n) is 0.960. The van der Waals surface area contributed by atoms with Gasteiger partial charge in [-0.2, -0.15) is 13.5 Å². The largest absolute Gasteiger partial charge is 0.508 e. The minimum Gasteiger partial charge on any atom is -0.508 e. The minimum absolute atomic E-state index is 0. The maximum Gasteiger partial charge on any atom is 0.150 e. The van der Waals surface area contributed by atoms with E-state index in [1.54, 1.807) is 36.4 Å². The second-order valence-corrected chi connectivity index (χ2v) is 2.86. The molecule has 0 aromatic heterocycles. The van der Waals surface area contributed by atoms with E-state index in [2.05, 4.69) is 0 Å². The molecule has 86 valence electrons. The van der Waals surface area contributed by atoms with Crippen LogP contribution >= 0.6 is 13.5 Å². The van der Waals surface area contributed by atoms with Crippen LogP contribution in [0.25, 0.3) is 0 Å². The van der Waals surface area contributed by atoms with Gasteiger partial charge in [0.25, 0.3) is 0 Å². The Bertz CT molecular complexity index is 393. The number of phenols is 1. The van der Waals surface area contributed by atoms with Gasteiger partial charge in [-0.25, -0.2) is 0 Å². The number of benzene rings is 2. The van der Waals surface area contributed by atoms with E-state index in [0.29, 0.717) is 5.75 Å². The third-order valence-corrected chi connectivity index (χ3v) is 1.69. The van der Waals surface area contributed by atoms with E-state index in [-0.39, 0.29) is 33.0 Å². The first-order chi connectivity index (χ1) is 7.33. The Morgan fingerprint density at radius 1 is 0.824 bits per heavy atom. The molecular formula is C13H14O2SZn. The predicted molar refractivity (Wildman–Crippen MR) is 70.3 cm³/mol. The summed E-state index contributed by atoms with van der Waals surface area (Å²) in [5.74, 6) is 0.322. The average Bonchev–Trinajstić information content (AvgIpc) is 2.32. The fourth-order valence-corrected chi connectivity index (χ4v) is 0.960. The van der Waals surface area contributed by atoms with Gasteiger partial charge in [-0.3, -0.25) is 4.79 Å². The Morgan fingerprint density at radius 3 is 1.47 bits per heavy atom. The maximum atomic E-state index is 10.0. The van der Waals surface area contributed by atoms with Gasteiger partial charge in [-0.05, 0) is 12.1 Å².